The number of aromatic nitrogens is 3. The lowest BCUT2D eigenvalue weighted by Gasteiger charge is -2.28. The van der Waals surface area contributed by atoms with Crippen LogP contribution in [0.2, 0.25) is 0 Å². The van der Waals surface area contributed by atoms with Gasteiger partial charge in [-0.05, 0) is 12.3 Å². The van der Waals surface area contributed by atoms with Crippen LogP contribution in [-0.4, -0.2) is 45.1 Å². The van der Waals surface area contributed by atoms with Gasteiger partial charge in [0, 0.05) is 6.61 Å². The molecule has 0 bridgehead atoms. The average Bonchev–Trinajstić information content (AvgIpc) is 2.82. The number of hydrogen-bond donors (Lipinski definition) is 2. The van der Waals surface area contributed by atoms with Crippen molar-refractivity contribution in [2.24, 2.45) is 0 Å². The summed E-state index contributed by atoms with van der Waals surface area (Å²) in [6, 6.07) is -0.311. The number of rotatable bonds is 4. The second kappa shape index (κ2) is 6.56. The van der Waals surface area contributed by atoms with Crippen LogP contribution in [-0.2, 0) is 4.74 Å². The number of halogens is 3. The van der Waals surface area contributed by atoms with E-state index in [1.807, 2.05) is 0 Å². The van der Waals surface area contributed by atoms with Crippen LogP contribution in [0.4, 0.5) is 19.1 Å². The maximum atomic E-state index is 14.3. The Morgan fingerprint density at radius 2 is 2.17 bits per heavy atom. The summed E-state index contributed by atoms with van der Waals surface area (Å²) in [5, 5.41) is 17.0. The molecule has 9 heteroatoms. The van der Waals surface area contributed by atoms with Crippen LogP contribution >= 0.6 is 0 Å². The van der Waals surface area contributed by atoms with Crippen molar-refractivity contribution in [2.45, 2.75) is 44.8 Å². The van der Waals surface area contributed by atoms with Crippen molar-refractivity contribution >= 4 is 11.5 Å². The minimum atomic E-state index is -2.93. The summed E-state index contributed by atoms with van der Waals surface area (Å²) >= 11 is 0. The lowest BCUT2D eigenvalue weighted by Crippen LogP contribution is -2.42. The SMILES string of the molecule is CC(C)c1c(C(F)F)c(F)c2cnc(N[C@@H]3CCOC[C@H]3O)nn12. The van der Waals surface area contributed by atoms with E-state index < -0.39 is 23.9 Å². The molecule has 0 radical (unpaired) electrons. The number of anilines is 1. The van der Waals surface area contributed by atoms with E-state index in [0.717, 1.165) is 0 Å². The smallest absolute Gasteiger partial charge is 0.268 e. The first kappa shape index (κ1) is 17.0. The number of alkyl halides is 2. The van der Waals surface area contributed by atoms with Gasteiger partial charge < -0.3 is 15.2 Å². The number of aliphatic hydroxyl groups is 1. The Labute approximate surface area is 136 Å². The topological polar surface area (TPSA) is 71.7 Å². The molecule has 1 aliphatic rings. The Morgan fingerprint density at radius 1 is 1.42 bits per heavy atom. The molecule has 0 unspecified atom stereocenters. The molecule has 132 valence electrons. The number of aliphatic hydroxyl groups excluding tert-OH is 1. The van der Waals surface area contributed by atoms with E-state index in [-0.39, 0.29) is 35.7 Å². The lowest BCUT2D eigenvalue weighted by atomic mass is 10.1. The zero-order chi connectivity index (χ0) is 17.4. The molecule has 24 heavy (non-hydrogen) atoms. The van der Waals surface area contributed by atoms with Gasteiger partial charge in [-0.25, -0.2) is 22.7 Å². The summed E-state index contributed by atoms with van der Waals surface area (Å²) in [6.07, 6.45) is -1.92. The molecule has 2 aromatic heterocycles. The summed E-state index contributed by atoms with van der Waals surface area (Å²) in [5.41, 5.74) is -0.606. The van der Waals surface area contributed by atoms with Crippen LogP contribution in [0, 0.1) is 5.82 Å². The van der Waals surface area contributed by atoms with Crippen molar-refractivity contribution in [3.05, 3.63) is 23.3 Å². The highest BCUT2D eigenvalue weighted by atomic mass is 19.3. The number of ether oxygens (including phenoxy) is 1. The number of nitrogens with zero attached hydrogens (tertiary/aromatic N) is 3. The van der Waals surface area contributed by atoms with Gasteiger partial charge in [-0.15, -0.1) is 5.10 Å². The van der Waals surface area contributed by atoms with Gasteiger partial charge in [0.25, 0.3) is 6.43 Å². The van der Waals surface area contributed by atoms with Gasteiger partial charge in [0.05, 0.1) is 36.2 Å². The molecule has 2 atom stereocenters. The fraction of sp³-hybridized carbons (Fsp3) is 0.600. The first-order valence-corrected chi connectivity index (χ1v) is 7.77. The van der Waals surface area contributed by atoms with Crippen molar-refractivity contribution in [1.29, 1.82) is 0 Å². The van der Waals surface area contributed by atoms with Crippen molar-refractivity contribution < 1.29 is 23.0 Å². The third-order valence-electron chi connectivity index (χ3n) is 4.10. The molecule has 1 fully saturated rings. The van der Waals surface area contributed by atoms with Gasteiger partial charge in [-0.2, -0.15) is 0 Å². The van der Waals surface area contributed by atoms with Crippen molar-refractivity contribution in [3.8, 4) is 0 Å². The molecule has 3 heterocycles. The molecule has 3 rings (SSSR count). The van der Waals surface area contributed by atoms with Crippen LogP contribution in [0.25, 0.3) is 5.52 Å². The Balaban J connectivity index is 2.02. The largest absolute Gasteiger partial charge is 0.389 e. The molecule has 1 aliphatic heterocycles. The first-order chi connectivity index (χ1) is 11.4. The van der Waals surface area contributed by atoms with Crippen LogP contribution in [0.1, 0.15) is 43.9 Å². The maximum Gasteiger partial charge on any atom is 0.268 e. The van der Waals surface area contributed by atoms with E-state index in [4.69, 9.17) is 4.74 Å². The van der Waals surface area contributed by atoms with Gasteiger partial charge in [0.15, 0.2) is 5.82 Å². The molecular formula is C15H19F3N4O2. The first-order valence-electron chi connectivity index (χ1n) is 7.77. The second-order valence-electron chi connectivity index (χ2n) is 6.13. The lowest BCUT2D eigenvalue weighted by molar-refractivity contribution is -0.0136. The van der Waals surface area contributed by atoms with E-state index >= 15 is 0 Å². The molecule has 0 saturated carbocycles. The van der Waals surface area contributed by atoms with Gasteiger partial charge in [0.2, 0.25) is 5.95 Å². The summed E-state index contributed by atoms with van der Waals surface area (Å²) in [7, 11) is 0. The van der Waals surface area contributed by atoms with E-state index in [9.17, 15) is 18.3 Å². The van der Waals surface area contributed by atoms with Crippen LogP contribution < -0.4 is 5.32 Å². The van der Waals surface area contributed by atoms with Crippen molar-refractivity contribution in [3.63, 3.8) is 0 Å². The molecular weight excluding hydrogens is 325 g/mol. The molecule has 6 nitrogen and oxygen atoms in total. The zero-order valence-electron chi connectivity index (χ0n) is 13.3. The van der Waals surface area contributed by atoms with Gasteiger partial charge in [0.1, 0.15) is 5.52 Å². The Hall–Kier alpha value is -1.87. The number of nitrogens with one attached hydrogen (secondary N) is 1. The van der Waals surface area contributed by atoms with Crippen molar-refractivity contribution in [1.82, 2.24) is 14.6 Å². The molecule has 0 aromatic carbocycles. The van der Waals surface area contributed by atoms with Crippen LogP contribution in [0.15, 0.2) is 6.20 Å². The third kappa shape index (κ3) is 2.93. The normalized spacial score (nSPS) is 21.8. The molecule has 2 aromatic rings. The molecule has 2 N–H and O–H groups in total. The Kier molecular flexibility index (Phi) is 4.64. The second-order valence-corrected chi connectivity index (χ2v) is 6.13. The molecule has 0 aliphatic carbocycles. The fourth-order valence-electron chi connectivity index (χ4n) is 2.94. The Morgan fingerprint density at radius 3 is 2.79 bits per heavy atom. The zero-order valence-corrected chi connectivity index (χ0v) is 13.3. The molecule has 0 spiro atoms. The average molecular weight is 344 g/mol. The third-order valence-corrected chi connectivity index (χ3v) is 4.10. The highest BCUT2D eigenvalue weighted by molar-refractivity contribution is 5.55. The van der Waals surface area contributed by atoms with Crippen LogP contribution in [0.3, 0.4) is 0 Å². The minimum absolute atomic E-state index is 0.0907. The summed E-state index contributed by atoms with van der Waals surface area (Å²) in [5.74, 6) is -1.19. The summed E-state index contributed by atoms with van der Waals surface area (Å²) in [6.45, 7) is 4.09. The van der Waals surface area contributed by atoms with Crippen molar-refractivity contribution in [2.75, 3.05) is 18.5 Å². The minimum Gasteiger partial charge on any atom is -0.389 e. The van der Waals surface area contributed by atoms with Gasteiger partial charge >= 0.3 is 0 Å². The van der Waals surface area contributed by atoms with E-state index in [1.54, 1.807) is 13.8 Å². The van der Waals surface area contributed by atoms with E-state index in [0.29, 0.717) is 13.0 Å². The van der Waals surface area contributed by atoms with E-state index in [1.165, 1.54) is 10.7 Å². The molecule has 1 saturated heterocycles. The standard InChI is InChI=1S/C15H19F3N4O2/c1-7(2)13-11(14(17)18)12(16)9-5-19-15(21-22(9)13)20-8-3-4-24-6-10(8)23/h5,7-8,10,14,23H,3-4,6H2,1-2H3,(H,20,21)/t8-,10-/m1/s1. The van der Waals surface area contributed by atoms with Gasteiger partial charge in [-0.1, -0.05) is 13.8 Å². The number of fused-ring (bicyclic) bond motifs is 1. The summed E-state index contributed by atoms with van der Waals surface area (Å²) < 4.78 is 47.1. The van der Waals surface area contributed by atoms with Crippen LogP contribution in [0.5, 0.6) is 0 Å². The predicted molar refractivity (Wildman–Crippen MR) is 80.8 cm³/mol. The maximum absolute atomic E-state index is 14.3. The van der Waals surface area contributed by atoms with E-state index in [2.05, 4.69) is 15.4 Å². The quantitative estimate of drug-likeness (QED) is 0.892. The fourth-order valence-corrected chi connectivity index (χ4v) is 2.94. The predicted octanol–water partition coefficient (Wildman–Crippen LogP) is 2.49. The summed E-state index contributed by atoms with van der Waals surface area (Å²) in [4.78, 5) is 3.99. The monoisotopic (exact) mass is 344 g/mol. The Bertz CT molecular complexity index is 735. The molecule has 0 amide bonds. The highest BCUT2D eigenvalue weighted by Gasteiger charge is 2.29. The van der Waals surface area contributed by atoms with Gasteiger partial charge in [-0.3, -0.25) is 0 Å². The number of hydrogen-bond acceptors (Lipinski definition) is 5. The highest BCUT2D eigenvalue weighted by Crippen LogP contribution is 2.34.